The van der Waals surface area contributed by atoms with Crippen LogP contribution in [0.25, 0.3) is 23.0 Å². The summed E-state index contributed by atoms with van der Waals surface area (Å²) in [4.78, 5) is 19.0. The summed E-state index contributed by atoms with van der Waals surface area (Å²) in [6.07, 6.45) is 0.722. The summed E-state index contributed by atoms with van der Waals surface area (Å²) in [7, 11) is 1.88. The van der Waals surface area contributed by atoms with Crippen LogP contribution >= 0.6 is 0 Å². The van der Waals surface area contributed by atoms with E-state index in [9.17, 15) is 9.18 Å². The molecule has 0 fully saturated rings. The molecule has 0 unspecified atom stereocenters. The predicted octanol–water partition coefficient (Wildman–Crippen LogP) is 3.21. The number of halogens is 1. The zero-order valence-corrected chi connectivity index (χ0v) is 16.4. The Hall–Kier alpha value is -3.03. The molecule has 2 aromatic heterocycles. The summed E-state index contributed by atoms with van der Waals surface area (Å²) in [5, 5.41) is 8.57. The number of nitrogens with zero attached hydrogens (tertiary/aromatic N) is 5. The van der Waals surface area contributed by atoms with Gasteiger partial charge in [-0.2, -0.15) is 10.1 Å². The van der Waals surface area contributed by atoms with Crippen LogP contribution in [0.2, 0.25) is 0 Å². The van der Waals surface area contributed by atoms with Crippen LogP contribution in [-0.4, -0.2) is 37.3 Å². The van der Waals surface area contributed by atoms with Crippen molar-refractivity contribution in [3.63, 3.8) is 0 Å². The fourth-order valence-electron chi connectivity index (χ4n) is 3.45. The van der Waals surface area contributed by atoms with Crippen molar-refractivity contribution < 1.29 is 13.7 Å². The van der Waals surface area contributed by atoms with E-state index >= 15 is 0 Å². The van der Waals surface area contributed by atoms with E-state index in [2.05, 4.69) is 15.2 Å². The van der Waals surface area contributed by atoms with Crippen LogP contribution in [0.4, 0.5) is 4.39 Å². The number of fused-ring (bicyclic) bond motifs is 1. The molecule has 146 valence electrons. The Morgan fingerprint density at radius 3 is 2.61 bits per heavy atom. The largest absolute Gasteiger partial charge is 0.337 e. The maximum atomic E-state index is 13.1. The van der Waals surface area contributed by atoms with Crippen LogP contribution in [0, 0.1) is 11.2 Å². The highest BCUT2D eigenvalue weighted by Gasteiger charge is 2.33. The van der Waals surface area contributed by atoms with Crippen LogP contribution in [0.3, 0.4) is 0 Å². The molecule has 3 heterocycles. The van der Waals surface area contributed by atoms with Crippen molar-refractivity contribution in [2.75, 3.05) is 6.54 Å². The molecule has 3 aromatic rings. The number of carbonyl (C=O) groups excluding carboxylic acids is 1. The van der Waals surface area contributed by atoms with Crippen molar-refractivity contribution in [3.8, 4) is 23.0 Å². The van der Waals surface area contributed by atoms with Gasteiger partial charge in [-0.25, -0.2) is 4.39 Å². The molecule has 0 aliphatic carbocycles. The van der Waals surface area contributed by atoms with E-state index in [1.165, 1.54) is 12.1 Å². The van der Waals surface area contributed by atoms with Gasteiger partial charge in [-0.3, -0.25) is 9.48 Å². The Kier molecular flexibility index (Phi) is 4.28. The number of rotatable bonds is 2. The summed E-state index contributed by atoms with van der Waals surface area (Å²) < 4.78 is 20.4. The van der Waals surface area contributed by atoms with Gasteiger partial charge in [0.15, 0.2) is 5.69 Å². The average molecular weight is 383 g/mol. The highest BCUT2D eigenvalue weighted by Crippen LogP contribution is 2.31. The molecule has 0 saturated carbocycles. The average Bonchev–Trinajstić information content (AvgIpc) is 3.26. The third-order valence-corrected chi connectivity index (χ3v) is 4.90. The van der Waals surface area contributed by atoms with Crippen molar-refractivity contribution in [1.82, 2.24) is 24.8 Å². The first kappa shape index (κ1) is 18.3. The minimum absolute atomic E-state index is 0.102. The number of carbonyl (C=O) groups is 1. The van der Waals surface area contributed by atoms with Crippen molar-refractivity contribution >= 4 is 5.91 Å². The molecular formula is C20H22FN5O2. The molecule has 4 rings (SSSR count). The number of hydrogen-bond acceptors (Lipinski definition) is 5. The van der Waals surface area contributed by atoms with E-state index in [4.69, 9.17) is 4.52 Å². The van der Waals surface area contributed by atoms with Gasteiger partial charge in [-0.05, 0) is 24.3 Å². The fraction of sp³-hybridized carbons (Fsp3) is 0.400. The van der Waals surface area contributed by atoms with Crippen LogP contribution in [0.5, 0.6) is 0 Å². The van der Waals surface area contributed by atoms with Gasteiger partial charge >= 0.3 is 0 Å². The van der Waals surface area contributed by atoms with E-state index in [0.717, 1.165) is 17.7 Å². The lowest BCUT2D eigenvalue weighted by Gasteiger charge is -2.32. The molecule has 28 heavy (non-hydrogen) atoms. The summed E-state index contributed by atoms with van der Waals surface area (Å²) in [6.45, 7) is 6.88. The molecule has 7 nitrogen and oxygen atoms in total. The smallest absolute Gasteiger partial charge is 0.279 e. The number of aromatic nitrogens is 4. The van der Waals surface area contributed by atoms with Crippen LogP contribution in [0.15, 0.2) is 28.8 Å². The Morgan fingerprint density at radius 2 is 1.93 bits per heavy atom. The SMILES string of the molecule is Cn1nc(-c2nc(-c3ccc(F)cc3)no2)c2c1CCN(C(=O)C(C)(C)C)C2. The van der Waals surface area contributed by atoms with Gasteiger partial charge in [0, 0.05) is 48.8 Å². The molecule has 1 aliphatic heterocycles. The highest BCUT2D eigenvalue weighted by molar-refractivity contribution is 5.82. The molecule has 0 saturated heterocycles. The van der Waals surface area contributed by atoms with E-state index in [1.807, 2.05) is 37.4 Å². The summed E-state index contributed by atoms with van der Waals surface area (Å²) in [5.74, 6) is 0.439. The Morgan fingerprint density at radius 1 is 1.21 bits per heavy atom. The molecule has 1 amide bonds. The maximum Gasteiger partial charge on any atom is 0.279 e. The number of aryl methyl sites for hydroxylation is 1. The topological polar surface area (TPSA) is 77.1 Å². The number of amides is 1. The maximum absolute atomic E-state index is 13.1. The fourth-order valence-corrected chi connectivity index (χ4v) is 3.45. The number of hydrogen-bond donors (Lipinski definition) is 0. The zero-order valence-electron chi connectivity index (χ0n) is 16.4. The van der Waals surface area contributed by atoms with Crippen molar-refractivity contribution in [2.24, 2.45) is 12.5 Å². The lowest BCUT2D eigenvalue weighted by Crippen LogP contribution is -2.42. The normalized spacial score (nSPS) is 14.2. The minimum Gasteiger partial charge on any atom is -0.337 e. The Labute approximate surface area is 162 Å². The molecular weight excluding hydrogens is 361 g/mol. The van der Waals surface area contributed by atoms with Crippen molar-refractivity contribution in [2.45, 2.75) is 33.7 Å². The lowest BCUT2D eigenvalue weighted by molar-refractivity contribution is -0.140. The van der Waals surface area contributed by atoms with Gasteiger partial charge in [0.25, 0.3) is 5.89 Å². The molecule has 0 atom stereocenters. The van der Waals surface area contributed by atoms with Gasteiger partial charge in [0.05, 0.1) is 0 Å². The molecule has 0 radical (unpaired) electrons. The molecule has 1 aromatic carbocycles. The summed E-state index contributed by atoms with van der Waals surface area (Å²) in [6, 6.07) is 5.90. The van der Waals surface area contributed by atoms with E-state index in [-0.39, 0.29) is 11.7 Å². The molecule has 8 heteroatoms. The molecule has 1 aliphatic rings. The first-order chi connectivity index (χ1) is 13.2. The highest BCUT2D eigenvalue weighted by atomic mass is 19.1. The van der Waals surface area contributed by atoms with Crippen LogP contribution in [-0.2, 0) is 24.8 Å². The standard InChI is InChI=1S/C20H22FN5O2/c1-20(2,3)19(27)26-10-9-15-14(11-26)16(23-25(15)4)18-22-17(24-28-18)12-5-7-13(21)8-6-12/h5-8H,9-11H2,1-4H3. The summed E-state index contributed by atoms with van der Waals surface area (Å²) in [5.41, 5.74) is 2.80. The molecule has 0 N–H and O–H groups in total. The second-order valence-electron chi connectivity index (χ2n) is 8.05. The number of benzene rings is 1. The minimum atomic E-state index is -0.444. The summed E-state index contributed by atoms with van der Waals surface area (Å²) >= 11 is 0. The monoisotopic (exact) mass is 383 g/mol. The van der Waals surface area contributed by atoms with E-state index in [1.54, 1.807) is 12.1 Å². The first-order valence-electron chi connectivity index (χ1n) is 9.18. The third kappa shape index (κ3) is 3.19. The predicted molar refractivity (Wildman–Crippen MR) is 100 cm³/mol. The van der Waals surface area contributed by atoms with Gasteiger partial charge in [-0.15, -0.1) is 0 Å². The quantitative estimate of drug-likeness (QED) is 0.679. The third-order valence-electron chi connectivity index (χ3n) is 4.90. The van der Waals surface area contributed by atoms with Gasteiger partial charge in [-0.1, -0.05) is 25.9 Å². The van der Waals surface area contributed by atoms with E-state index < -0.39 is 5.41 Å². The van der Waals surface area contributed by atoms with E-state index in [0.29, 0.717) is 36.1 Å². The zero-order chi connectivity index (χ0) is 20.1. The molecule has 0 spiro atoms. The first-order valence-corrected chi connectivity index (χ1v) is 9.18. The molecule has 0 bridgehead atoms. The van der Waals surface area contributed by atoms with Gasteiger partial charge < -0.3 is 9.42 Å². The van der Waals surface area contributed by atoms with Gasteiger partial charge in [0.1, 0.15) is 5.82 Å². The Balaban J connectivity index is 1.68. The van der Waals surface area contributed by atoms with Crippen LogP contribution in [0.1, 0.15) is 32.0 Å². The second-order valence-corrected chi connectivity index (χ2v) is 8.05. The Bertz CT molecular complexity index is 1030. The lowest BCUT2D eigenvalue weighted by atomic mass is 9.93. The van der Waals surface area contributed by atoms with Crippen LogP contribution < -0.4 is 0 Å². The van der Waals surface area contributed by atoms with Gasteiger partial charge in [0.2, 0.25) is 11.7 Å². The van der Waals surface area contributed by atoms with Crippen molar-refractivity contribution in [3.05, 3.63) is 41.3 Å². The van der Waals surface area contributed by atoms with Crippen molar-refractivity contribution in [1.29, 1.82) is 0 Å². The second kappa shape index (κ2) is 6.54.